The van der Waals surface area contributed by atoms with E-state index in [-0.39, 0.29) is 95.5 Å². The molecule has 0 saturated carbocycles. The number of fused-ring (bicyclic) bond motifs is 2. The Morgan fingerprint density at radius 1 is 0.576 bits per heavy atom. The Kier molecular flexibility index (Phi) is 22.4. The van der Waals surface area contributed by atoms with Gasteiger partial charge in [-0.15, -0.1) is 0 Å². The maximum absolute atomic E-state index is 14.9. The van der Waals surface area contributed by atoms with Crippen molar-refractivity contribution in [1.82, 2.24) is 40.2 Å². The Bertz CT molecular complexity index is 3140. The van der Waals surface area contributed by atoms with Crippen LogP contribution in [0.25, 0.3) is 0 Å². The molecule has 0 radical (unpaired) electrons. The number of carbonyl (C=O) groups excluding carboxylic acids is 4. The molecule has 0 aliphatic carbocycles. The lowest BCUT2D eigenvalue weighted by Gasteiger charge is -2.52. The van der Waals surface area contributed by atoms with Gasteiger partial charge in [-0.2, -0.15) is 0 Å². The van der Waals surface area contributed by atoms with Crippen LogP contribution in [-0.4, -0.2) is 169 Å². The summed E-state index contributed by atoms with van der Waals surface area (Å²) in [6, 6.07) is 16.4. The highest BCUT2D eigenvalue weighted by molar-refractivity contribution is 5.98. The van der Waals surface area contributed by atoms with Gasteiger partial charge in [-0.3, -0.25) is 38.6 Å². The van der Waals surface area contributed by atoms with Gasteiger partial charge in [-0.25, -0.2) is 8.78 Å². The Labute approximate surface area is 543 Å². The molecule has 4 amide bonds. The van der Waals surface area contributed by atoms with Crippen LogP contribution in [0.15, 0.2) is 70.3 Å². The number of hydrogen-bond acceptors (Lipinski definition) is 12. The molecule has 20 heteroatoms. The van der Waals surface area contributed by atoms with Gasteiger partial charge in [0.15, 0.2) is 0 Å². The van der Waals surface area contributed by atoms with Crippen LogP contribution >= 0.6 is 0 Å². The van der Waals surface area contributed by atoms with Crippen molar-refractivity contribution in [2.24, 2.45) is 28.7 Å². The zero-order valence-corrected chi connectivity index (χ0v) is 55.7. The first-order valence-corrected chi connectivity index (χ1v) is 34.6. The molecular weight excluding hydrogens is 1170 g/mol. The number of pyridine rings is 2. The number of rotatable bonds is 27. The molecule has 92 heavy (non-hydrogen) atoms. The van der Waals surface area contributed by atoms with Crippen LogP contribution in [0.2, 0.25) is 0 Å². The first kappa shape index (κ1) is 68.7. The predicted octanol–water partition coefficient (Wildman–Crippen LogP) is 7.47. The third-order valence-corrected chi connectivity index (χ3v) is 21.5. The molecule has 6 aliphatic rings. The van der Waals surface area contributed by atoms with Gasteiger partial charge in [-0.05, 0) is 125 Å². The number of H-pyrrole nitrogens is 2. The number of piperidine rings is 2. The van der Waals surface area contributed by atoms with Gasteiger partial charge in [0.05, 0.1) is 29.9 Å². The topological polar surface area (TPSA) is 230 Å². The lowest BCUT2D eigenvalue weighted by atomic mass is 9.59. The van der Waals surface area contributed by atoms with Crippen LogP contribution in [0.4, 0.5) is 20.2 Å². The monoisotopic (exact) mass is 1270 g/mol. The lowest BCUT2D eigenvalue weighted by molar-refractivity contribution is -0.141. The molecule has 4 fully saturated rings. The van der Waals surface area contributed by atoms with Crippen LogP contribution < -0.4 is 43.0 Å². The summed E-state index contributed by atoms with van der Waals surface area (Å²) in [6.45, 7) is 21.3. The van der Waals surface area contributed by atoms with Crippen molar-refractivity contribution < 1.29 is 28.0 Å². The van der Waals surface area contributed by atoms with Gasteiger partial charge in [0, 0.05) is 142 Å². The minimum atomic E-state index is -0.749. The average molecular weight is 1270 g/mol. The number of piperazine rings is 2. The molecule has 0 unspecified atom stereocenters. The second-order valence-corrected chi connectivity index (χ2v) is 29.6. The van der Waals surface area contributed by atoms with Gasteiger partial charge >= 0.3 is 0 Å². The van der Waals surface area contributed by atoms with Gasteiger partial charge < -0.3 is 51.7 Å². The maximum atomic E-state index is 14.9. The highest BCUT2D eigenvalue weighted by Crippen LogP contribution is 2.49. The summed E-state index contributed by atoms with van der Waals surface area (Å²) < 4.78 is 27.7. The summed E-state index contributed by atoms with van der Waals surface area (Å²) in [5.74, 6) is -1.10. The van der Waals surface area contributed by atoms with E-state index in [1.54, 1.807) is 24.3 Å². The molecular formula is C72H104F2N12O6. The van der Waals surface area contributed by atoms with Crippen molar-refractivity contribution in [1.29, 1.82) is 0 Å². The second kappa shape index (κ2) is 30.1. The van der Waals surface area contributed by atoms with Crippen LogP contribution in [0.1, 0.15) is 171 Å². The van der Waals surface area contributed by atoms with Crippen molar-refractivity contribution >= 4 is 35.0 Å². The Morgan fingerprint density at radius 2 is 0.978 bits per heavy atom. The van der Waals surface area contributed by atoms with Gasteiger partial charge in [0.25, 0.3) is 11.1 Å². The minimum Gasteiger partial charge on any atom is -0.370 e. The zero-order chi connectivity index (χ0) is 65.5. The normalized spacial score (nSPS) is 23.8. The van der Waals surface area contributed by atoms with Gasteiger partial charge in [-0.1, -0.05) is 103 Å². The predicted molar refractivity (Wildman–Crippen MR) is 359 cm³/mol. The quantitative estimate of drug-likeness (QED) is 0.0320. The minimum absolute atomic E-state index is 0.0209. The number of halogens is 2. The lowest BCUT2D eigenvalue weighted by Crippen LogP contribution is -2.63. The van der Waals surface area contributed by atoms with Crippen LogP contribution in [0.3, 0.4) is 0 Å². The number of carbonyl (C=O) groups is 4. The second-order valence-electron chi connectivity index (χ2n) is 29.6. The van der Waals surface area contributed by atoms with E-state index < -0.39 is 16.2 Å². The zero-order valence-electron chi connectivity index (χ0n) is 55.7. The van der Waals surface area contributed by atoms with Crippen molar-refractivity contribution in [3.05, 3.63) is 127 Å². The standard InChI is InChI=1S/C72H104F2N12O6/c1-48-38-83(44-63(88)85-46-70(3,4)65-60(85)34-52(67(90)79-65)32-50-21-25-56(73)26-22-50)58(36-77-48)42-81-30-16-18-54(40-81)72(69(76)92,29-15-13-11-9-7-8-10-12-14-20-62(75)87)55-19-17-31-82(41-55)43-59-37-78-49(2)39-84(59)45-64(89)86-47-71(5,6)66-61(86)35-53(68(91)80-66)33-51-23-27-57(74)28-24-51/h21-28,34-35,48-49,54-55,58-59,77-78H,7-20,29-33,36-47H2,1-6H3,(H2,75,87)(H2,76,92)(H,79,90)(H,80,91)/t48-,49-,54+,55+,58-,59-/m1/s1. The van der Waals surface area contributed by atoms with E-state index in [9.17, 15) is 37.5 Å². The number of unbranched alkanes of at least 4 members (excludes halogenated alkanes) is 8. The van der Waals surface area contributed by atoms with Crippen molar-refractivity contribution in [2.75, 3.05) is 101 Å². The first-order valence-electron chi connectivity index (χ1n) is 34.6. The third kappa shape index (κ3) is 16.5. The molecule has 0 bridgehead atoms. The van der Waals surface area contributed by atoms with Crippen molar-refractivity contribution in [2.45, 2.75) is 186 Å². The van der Waals surface area contributed by atoms with Crippen LogP contribution in [0, 0.1) is 28.9 Å². The molecule has 4 saturated heterocycles. The summed E-state index contributed by atoms with van der Waals surface area (Å²) >= 11 is 0. The van der Waals surface area contributed by atoms with E-state index in [1.807, 2.05) is 21.9 Å². The molecule has 8 N–H and O–H groups in total. The van der Waals surface area contributed by atoms with Crippen LogP contribution in [-0.2, 0) is 42.8 Å². The molecule has 18 nitrogen and oxygen atoms in total. The van der Waals surface area contributed by atoms with Gasteiger partial charge in [0.1, 0.15) is 11.6 Å². The number of likely N-dealkylation sites (tertiary alicyclic amines) is 2. The Morgan fingerprint density at radius 3 is 1.38 bits per heavy atom. The molecule has 2 aromatic carbocycles. The highest BCUT2D eigenvalue weighted by atomic mass is 19.1. The number of anilines is 2. The van der Waals surface area contributed by atoms with E-state index in [2.05, 4.69) is 81.7 Å². The number of aromatic nitrogens is 2. The van der Waals surface area contributed by atoms with E-state index in [1.165, 1.54) is 24.3 Å². The number of amides is 4. The molecule has 502 valence electrons. The number of primary amides is 2. The summed E-state index contributed by atoms with van der Waals surface area (Å²) in [6.07, 6.45) is 14.8. The number of benzene rings is 2. The maximum Gasteiger partial charge on any atom is 0.251 e. The first-order chi connectivity index (χ1) is 44.0. The molecule has 8 heterocycles. The Balaban J connectivity index is 0.835. The SMILES string of the molecule is C[C@@H]1CN(CC(=O)N2CC(C)(C)c3[nH]c(=O)c(Cc4ccc(F)cc4)cc32)[C@@H](CN2CCC[C@H](C(CCCCCCCCCCCC(N)=O)(C(N)=O)[C@H]3CCCN(C[C@H]4CN[C@H](C)CN4CC(=O)N4CC(C)(C)c5[nH]c(=O)c(Cc6ccc(F)cc6)cc54)C3)C2)CN1. The fourth-order valence-corrected chi connectivity index (χ4v) is 16.5. The number of nitrogens with one attached hydrogen (secondary N) is 4. The number of aromatic amines is 2. The van der Waals surface area contributed by atoms with Crippen LogP contribution in [0.5, 0.6) is 0 Å². The largest absolute Gasteiger partial charge is 0.370 e. The van der Waals surface area contributed by atoms with Crippen molar-refractivity contribution in [3.8, 4) is 0 Å². The molecule has 4 aromatic rings. The molecule has 6 aliphatic heterocycles. The third-order valence-electron chi connectivity index (χ3n) is 21.5. The number of nitrogens with zero attached hydrogens (tertiary/aromatic N) is 6. The smallest absolute Gasteiger partial charge is 0.251 e. The van der Waals surface area contributed by atoms with Crippen molar-refractivity contribution in [3.63, 3.8) is 0 Å². The molecule has 2 aromatic heterocycles. The van der Waals surface area contributed by atoms with Gasteiger partial charge in [0.2, 0.25) is 23.6 Å². The molecule has 0 spiro atoms. The van der Waals surface area contributed by atoms with E-state index in [4.69, 9.17) is 11.5 Å². The van der Waals surface area contributed by atoms with E-state index in [0.717, 1.165) is 163 Å². The summed E-state index contributed by atoms with van der Waals surface area (Å²) in [5, 5.41) is 7.45. The molecule has 10 rings (SSSR count). The van der Waals surface area contributed by atoms with E-state index in [0.29, 0.717) is 69.7 Å². The molecule has 6 atom stereocenters. The fraction of sp³-hybridized carbons (Fsp3) is 0.639. The number of nitrogens with two attached hydrogens (primary N) is 2. The average Bonchev–Trinajstić information content (AvgIpc) is 1.47. The summed E-state index contributed by atoms with van der Waals surface area (Å²) in [4.78, 5) is 103. The van der Waals surface area contributed by atoms with E-state index >= 15 is 0 Å². The number of hydrogen-bond donors (Lipinski definition) is 6. The summed E-state index contributed by atoms with van der Waals surface area (Å²) in [7, 11) is 0. The highest BCUT2D eigenvalue weighted by Gasteiger charge is 2.52. The summed E-state index contributed by atoms with van der Waals surface area (Å²) in [5.41, 5.74) is 15.8. The Hall–Kier alpha value is -6.16. The fourth-order valence-electron chi connectivity index (χ4n) is 16.5.